The Bertz CT molecular complexity index is 264. The predicted octanol–water partition coefficient (Wildman–Crippen LogP) is 4.34. The van der Waals surface area contributed by atoms with Crippen molar-refractivity contribution in [3.05, 3.63) is 0 Å². The number of hydrogen-bond acceptors (Lipinski definition) is 2. The van der Waals surface area contributed by atoms with Crippen LogP contribution in [0.25, 0.3) is 0 Å². The first-order valence-corrected chi connectivity index (χ1v) is 10.4. The Balaban J connectivity index is 2.60. The Kier molecular flexibility index (Phi) is 5.07. The van der Waals surface area contributed by atoms with Crippen LogP contribution >= 0.6 is 0 Å². The van der Waals surface area contributed by atoms with Crippen molar-refractivity contribution in [2.75, 3.05) is 6.61 Å². The third-order valence-corrected chi connectivity index (χ3v) is 9.62. The van der Waals surface area contributed by atoms with Crippen LogP contribution in [-0.2, 0) is 4.43 Å². The molecule has 0 aromatic rings. The molecular weight excluding hydrogens is 240 g/mol. The fraction of sp³-hybridized carbons (Fsp3) is 1.00. The summed E-state index contributed by atoms with van der Waals surface area (Å²) in [6.45, 7) is 14.3. The molecule has 0 spiro atoms. The van der Waals surface area contributed by atoms with Gasteiger partial charge in [0.1, 0.15) is 0 Å². The topological polar surface area (TPSA) is 29.5 Å². The van der Waals surface area contributed by atoms with Gasteiger partial charge in [-0.15, -0.1) is 0 Å². The Hall–Kier alpha value is 0.137. The van der Waals surface area contributed by atoms with Crippen molar-refractivity contribution in [2.45, 2.75) is 84.0 Å². The van der Waals surface area contributed by atoms with Gasteiger partial charge >= 0.3 is 0 Å². The van der Waals surface area contributed by atoms with E-state index in [1.807, 2.05) is 0 Å². The minimum absolute atomic E-state index is 0.0749. The molecule has 1 atom stereocenters. The predicted molar refractivity (Wildman–Crippen MR) is 80.3 cm³/mol. The van der Waals surface area contributed by atoms with E-state index in [9.17, 15) is 5.11 Å². The van der Waals surface area contributed by atoms with E-state index in [0.29, 0.717) is 0 Å². The van der Waals surface area contributed by atoms with Gasteiger partial charge < -0.3 is 9.53 Å². The first kappa shape index (κ1) is 16.2. The molecule has 1 rings (SSSR count). The summed E-state index contributed by atoms with van der Waals surface area (Å²) in [7, 11) is -1.68. The summed E-state index contributed by atoms with van der Waals surface area (Å²) in [5.41, 5.74) is 0.0749. The van der Waals surface area contributed by atoms with Gasteiger partial charge in [0.25, 0.3) is 0 Å². The molecule has 2 nitrogen and oxygen atoms in total. The van der Waals surface area contributed by atoms with Crippen LogP contribution in [0.5, 0.6) is 0 Å². The maximum atomic E-state index is 10.4. The summed E-state index contributed by atoms with van der Waals surface area (Å²) >= 11 is 0. The van der Waals surface area contributed by atoms with E-state index in [0.717, 1.165) is 32.3 Å². The van der Waals surface area contributed by atoms with Crippen molar-refractivity contribution in [1.29, 1.82) is 0 Å². The summed E-state index contributed by atoms with van der Waals surface area (Å²) in [5.74, 6) is 0. The molecule has 0 aromatic heterocycles. The molecule has 1 unspecified atom stereocenters. The van der Waals surface area contributed by atoms with Crippen LogP contribution in [0.2, 0.25) is 18.1 Å². The van der Waals surface area contributed by atoms with Crippen LogP contribution < -0.4 is 0 Å². The SMILES string of the molecule is CCCC(O)C1(CO[Si](C)(C)C(C)(C)C)CCC1. The van der Waals surface area contributed by atoms with E-state index >= 15 is 0 Å². The molecule has 18 heavy (non-hydrogen) atoms. The maximum absolute atomic E-state index is 10.4. The summed E-state index contributed by atoms with van der Waals surface area (Å²) in [4.78, 5) is 0. The van der Waals surface area contributed by atoms with Gasteiger partial charge in [-0.2, -0.15) is 0 Å². The Labute approximate surface area is 114 Å². The van der Waals surface area contributed by atoms with Gasteiger partial charge in [-0.05, 0) is 37.4 Å². The molecule has 0 aromatic carbocycles. The van der Waals surface area contributed by atoms with Crippen LogP contribution in [0.1, 0.15) is 59.8 Å². The van der Waals surface area contributed by atoms with Gasteiger partial charge in [0, 0.05) is 12.0 Å². The van der Waals surface area contributed by atoms with Crippen molar-refractivity contribution < 1.29 is 9.53 Å². The Morgan fingerprint density at radius 3 is 2.17 bits per heavy atom. The lowest BCUT2D eigenvalue weighted by Gasteiger charge is -2.48. The summed E-state index contributed by atoms with van der Waals surface area (Å²) in [6, 6.07) is 0. The van der Waals surface area contributed by atoms with E-state index in [4.69, 9.17) is 4.43 Å². The van der Waals surface area contributed by atoms with Crippen molar-refractivity contribution in [1.82, 2.24) is 0 Å². The van der Waals surface area contributed by atoms with Crippen molar-refractivity contribution in [3.63, 3.8) is 0 Å². The number of aliphatic hydroxyl groups is 1. The molecule has 1 N–H and O–H groups in total. The highest BCUT2D eigenvalue weighted by molar-refractivity contribution is 6.74. The molecular formula is C15H32O2Si. The van der Waals surface area contributed by atoms with Gasteiger partial charge in [0.2, 0.25) is 0 Å². The van der Waals surface area contributed by atoms with Crippen molar-refractivity contribution in [3.8, 4) is 0 Å². The second-order valence-corrected chi connectivity index (χ2v) is 12.4. The fourth-order valence-electron chi connectivity index (χ4n) is 2.32. The number of rotatable bonds is 6. The fourth-order valence-corrected chi connectivity index (χ4v) is 3.41. The molecule has 1 saturated carbocycles. The third kappa shape index (κ3) is 3.37. The molecule has 0 aliphatic heterocycles. The van der Waals surface area contributed by atoms with Crippen molar-refractivity contribution >= 4 is 8.32 Å². The zero-order valence-corrected chi connectivity index (χ0v) is 14.2. The van der Waals surface area contributed by atoms with Crippen molar-refractivity contribution in [2.24, 2.45) is 5.41 Å². The van der Waals surface area contributed by atoms with Crippen LogP contribution in [0, 0.1) is 5.41 Å². The molecule has 108 valence electrons. The summed E-state index contributed by atoms with van der Waals surface area (Å²) < 4.78 is 6.35. The highest BCUT2D eigenvalue weighted by atomic mass is 28.4. The number of hydrogen-bond donors (Lipinski definition) is 1. The van der Waals surface area contributed by atoms with Gasteiger partial charge in [-0.3, -0.25) is 0 Å². The lowest BCUT2D eigenvalue weighted by atomic mass is 9.65. The Morgan fingerprint density at radius 1 is 1.28 bits per heavy atom. The molecule has 1 aliphatic carbocycles. The third-order valence-electron chi connectivity index (χ3n) is 5.14. The van der Waals surface area contributed by atoms with E-state index in [2.05, 4.69) is 40.8 Å². The minimum Gasteiger partial charge on any atom is -0.416 e. The average Bonchev–Trinajstić information content (AvgIpc) is 2.14. The first-order valence-electron chi connectivity index (χ1n) is 7.47. The van der Waals surface area contributed by atoms with E-state index in [-0.39, 0.29) is 16.6 Å². The van der Waals surface area contributed by atoms with Crippen LogP contribution in [0.3, 0.4) is 0 Å². The summed E-state index contributed by atoms with van der Waals surface area (Å²) in [6.07, 6.45) is 5.35. The van der Waals surface area contributed by atoms with Crippen LogP contribution in [0.4, 0.5) is 0 Å². The highest BCUT2D eigenvalue weighted by Gasteiger charge is 2.46. The van der Waals surface area contributed by atoms with Crippen LogP contribution in [0.15, 0.2) is 0 Å². The van der Waals surface area contributed by atoms with Crippen LogP contribution in [-0.4, -0.2) is 26.1 Å². The van der Waals surface area contributed by atoms with Gasteiger partial charge in [-0.1, -0.05) is 40.5 Å². The second-order valence-electron chi connectivity index (χ2n) is 7.57. The molecule has 1 aliphatic rings. The largest absolute Gasteiger partial charge is 0.416 e. The van der Waals surface area contributed by atoms with E-state index < -0.39 is 8.32 Å². The number of aliphatic hydroxyl groups excluding tert-OH is 1. The molecule has 0 bridgehead atoms. The highest BCUT2D eigenvalue weighted by Crippen LogP contribution is 2.47. The first-order chi connectivity index (χ1) is 8.15. The van der Waals surface area contributed by atoms with E-state index in [1.165, 1.54) is 6.42 Å². The van der Waals surface area contributed by atoms with Gasteiger partial charge in [-0.25, -0.2) is 0 Å². The maximum Gasteiger partial charge on any atom is 0.192 e. The smallest absolute Gasteiger partial charge is 0.192 e. The van der Waals surface area contributed by atoms with Gasteiger partial charge in [0.05, 0.1) is 6.10 Å². The lowest BCUT2D eigenvalue weighted by molar-refractivity contribution is -0.0709. The molecule has 0 saturated heterocycles. The molecule has 1 fully saturated rings. The van der Waals surface area contributed by atoms with Gasteiger partial charge in [0.15, 0.2) is 8.32 Å². The standard InChI is InChI=1S/C15H32O2Si/c1-7-9-13(16)15(10-8-11-15)12-17-18(5,6)14(2,3)4/h13,16H,7-12H2,1-6H3. The molecule has 3 heteroatoms. The zero-order valence-electron chi connectivity index (χ0n) is 13.2. The monoisotopic (exact) mass is 272 g/mol. The lowest BCUT2D eigenvalue weighted by Crippen LogP contribution is -2.50. The molecule has 0 radical (unpaired) electrons. The molecule has 0 heterocycles. The quantitative estimate of drug-likeness (QED) is 0.729. The zero-order chi connectivity index (χ0) is 14.0. The summed E-state index contributed by atoms with van der Waals surface area (Å²) in [5, 5.41) is 10.6. The Morgan fingerprint density at radius 2 is 1.83 bits per heavy atom. The normalized spacial score (nSPS) is 21.5. The van der Waals surface area contributed by atoms with E-state index in [1.54, 1.807) is 0 Å². The minimum atomic E-state index is -1.68. The average molecular weight is 273 g/mol. The molecule has 0 amide bonds. The second kappa shape index (κ2) is 5.64.